The Hall–Kier alpha value is -3.36. The molecular formula is C26H26N4O. The SMILES string of the molecule is CC(C)(C#N)c1ccc2c(c1)N(C(O)C1Cc3ccccc3C1)Cc1cccnc1N2. The molecule has 0 saturated carbocycles. The number of pyridine rings is 1. The van der Waals surface area contributed by atoms with Crippen LogP contribution in [-0.4, -0.2) is 16.3 Å². The molecular weight excluding hydrogens is 384 g/mol. The standard InChI is InChI=1S/C26H26N4O/c1-26(2,16-27)21-9-10-22-23(14-21)30(15-19-8-5-11-28-24(19)29-22)25(31)20-12-17-6-3-4-7-18(17)13-20/h3-11,14,20,25,31H,12-13,15H2,1-2H3,(H,28,29). The number of nitriles is 1. The zero-order chi connectivity index (χ0) is 21.6. The molecule has 2 aliphatic rings. The average molecular weight is 411 g/mol. The van der Waals surface area contributed by atoms with Gasteiger partial charge in [0.25, 0.3) is 0 Å². The lowest BCUT2D eigenvalue weighted by Crippen LogP contribution is -2.40. The molecule has 3 aromatic rings. The first-order chi connectivity index (χ1) is 15.0. The van der Waals surface area contributed by atoms with Crippen LogP contribution in [0.4, 0.5) is 17.2 Å². The molecule has 5 nitrogen and oxygen atoms in total. The molecule has 1 aliphatic carbocycles. The minimum Gasteiger partial charge on any atom is -0.373 e. The summed E-state index contributed by atoms with van der Waals surface area (Å²) in [6.45, 7) is 4.39. The molecule has 0 bridgehead atoms. The van der Waals surface area contributed by atoms with Crippen LogP contribution in [0.25, 0.3) is 0 Å². The third-order valence-electron chi connectivity index (χ3n) is 6.62. The third-order valence-corrected chi connectivity index (χ3v) is 6.62. The number of aliphatic hydroxyl groups is 1. The van der Waals surface area contributed by atoms with Crippen molar-refractivity contribution >= 4 is 17.2 Å². The van der Waals surface area contributed by atoms with Gasteiger partial charge in [-0.3, -0.25) is 0 Å². The number of hydrogen-bond acceptors (Lipinski definition) is 5. The van der Waals surface area contributed by atoms with E-state index >= 15 is 0 Å². The second-order valence-electron chi connectivity index (χ2n) is 9.08. The van der Waals surface area contributed by atoms with Crippen molar-refractivity contribution < 1.29 is 5.11 Å². The number of fused-ring (bicyclic) bond motifs is 3. The van der Waals surface area contributed by atoms with Gasteiger partial charge in [0.1, 0.15) is 12.0 Å². The maximum absolute atomic E-state index is 11.6. The van der Waals surface area contributed by atoms with Crippen LogP contribution < -0.4 is 10.2 Å². The summed E-state index contributed by atoms with van der Waals surface area (Å²) in [7, 11) is 0. The van der Waals surface area contributed by atoms with E-state index < -0.39 is 11.6 Å². The topological polar surface area (TPSA) is 72.2 Å². The van der Waals surface area contributed by atoms with Crippen molar-refractivity contribution in [2.75, 3.05) is 10.2 Å². The number of rotatable bonds is 3. The first-order valence-electron chi connectivity index (χ1n) is 10.7. The smallest absolute Gasteiger partial charge is 0.135 e. The molecule has 156 valence electrons. The second-order valence-corrected chi connectivity index (χ2v) is 9.08. The third kappa shape index (κ3) is 3.43. The normalized spacial score (nSPS) is 16.4. The van der Waals surface area contributed by atoms with Gasteiger partial charge < -0.3 is 15.3 Å². The van der Waals surface area contributed by atoms with Crippen LogP contribution in [0, 0.1) is 17.2 Å². The Bertz CT molecular complexity index is 1160. The van der Waals surface area contributed by atoms with E-state index in [-0.39, 0.29) is 5.92 Å². The Morgan fingerprint density at radius 3 is 2.52 bits per heavy atom. The molecule has 2 N–H and O–H groups in total. The molecule has 1 unspecified atom stereocenters. The maximum atomic E-state index is 11.6. The van der Waals surface area contributed by atoms with Gasteiger partial charge in [0.2, 0.25) is 0 Å². The summed E-state index contributed by atoms with van der Waals surface area (Å²) in [5.41, 5.74) is 5.79. The number of aliphatic hydroxyl groups excluding tert-OH is 1. The second kappa shape index (κ2) is 7.40. The van der Waals surface area contributed by atoms with E-state index in [9.17, 15) is 10.4 Å². The quantitative estimate of drug-likeness (QED) is 0.656. The van der Waals surface area contributed by atoms with Crippen LogP contribution in [0.1, 0.15) is 36.1 Å². The van der Waals surface area contributed by atoms with Crippen molar-refractivity contribution in [2.24, 2.45) is 5.92 Å². The van der Waals surface area contributed by atoms with E-state index in [1.807, 2.05) is 44.2 Å². The molecule has 2 aromatic carbocycles. The summed E-state index contributed by atoms with van der Waals surface area (Å²) in [5, 5.41) is 24.7. The minimum absolute atomic E-state index is 0.108. The predicted octanol–water partition coefficient (Wildman–Crippen LogP) is 4.68. The molecule has 0 spiro atoms. The Kier molecular flexibility index (Phi) is 4.68. The van der Waals surface area contributed by atoms with E-state index in [1.165, 1.54) is 11.1 Å². The lowest BCUT2D eigenvalue weighted by Gasteiger charge is -2.34. The number of nitrogens with one attached hydrogen (secondary N) is 1. The average Bonchev–Trinajstić information content (AvgIpc) is 3.15. The number of benzene rings is 2. The highest BCUT2D eigenvalue weighted by atomic mass is 16.3. The lowest BCUT2D eigenvalue weighted by molar-refractivity contribution is 0.106. The van der Waals surface area contributed by atoms with Gasteiger partial charge in [-0.15, -0.1) is 0 Å². The highest BCUT2D eigenvalue weighted by molar-refractivity contribution is 5.78. The summed E-state index contributed by atoms with van der Waals surface area (Å²) in [4.78, 5) is 6.59. The summed E-state index contributed by atoms with van der Waals surface area (Å²) >= 11 is 0. The number of nitrogens with zero attached hydrogens (tertiary/aromatic N) is 3. The zero-order valence-electron chi connectivity index (χ0n) is 17.8. The fraction of sp³-hybridized carbons (Fsp3) is 0.308. The van der Waals surface area contributed by atoms with Gasteiger partial charge in [-0.2, -0.15) is 5.26 Å². The van der Waals surface area contributed by atoms with E-state index in [4.69, 9.17) is 0 Å². The Morgan fingerprint density at radius 1 is 1.10 bits per heavy atom. The lowest BCUT2D eigenvalue weighted by atomic mass is 9.85. The summed E-state index contributed by atoms with van der Waals surface area (Å²) in [5.74, 6) is 0.913. The van der Waals surface area contributed by atoms with Crippen LogP contribution in [-0.2, 0) is 24.8 Å². The highest BCUT2D eigenvalue weighted by Crippen LogP contribution is 2.41. The van der Waals surface area contributed by atoms with Crippen molar-refractivity contribution in [3.05, 3.63) is 83.0 Å². The fourth-order valence-corrected chi connectivity index (χ4v) is 4.70. The summed E-state index contributed by atoms with van der Waals surface area (Å²) in [6, 6.07) is 20.8. The van der Waals surface area contributed by atoms with Gasteiger partial charge in [-0.05, 0) is 61.6 Å². The number of hydrogen-bond donors (Lipinski definition) is 2. The predicted molar refractivity (Wildman–Crippen MR) is 122 cm³/mol. The van der Waals surface area contributed by atoms with Crippen LogP contribution in [0.15, 0.2) is 60.8 Å². The van der Waals surface area contributed by atoms with Gasteiger partial charge in [-0.25, -0.2) is 4.98 Å². The van der Waals surface area contributed by atoms with Crippen LogP contribution in [0.5, 0.6) is 0 Å². The molecule has 5 rings (SSSR count). The molecule has 1 aromatic heterocycles. The molecule has 31 heavy (non-hydrogen) atoms. The van der Waals surface area contributed by atoms with Gasteiger partial charge in [-0.1, -0.05) is 36.4 Å². The van der Waals surface area contributed by atoms with Crippen molar-refractivity contribution in [3.8, 4) is 6.07 Å². The van der Waals surface area contributed by atoms with Crippen LogP contribution >= 0.6 is 0 Å². The Balaban J connectivity index is 1.57. The fourth-order valence-electron chi connectivity index (χ4n) is 4.70. The summed E-state index contributed by atoms with van der Waals surface area (Å²) in [6.07, 6.45) is 2.84. The van der Waals surface area contributed by atoms with E-state index in [1.54, 1.807) is 6.20 Å². The van der Waals surface area contributed by atoms with Crippen molar-refractivity contribution in [3.63, 3.8) is 0 Å². The van der Waals surface area contributed by atoms with Crippen LogP contribution in [0.2, 0.25) is 0 Å². The first kappa shape index (κ1) is 19.6. The Labute approximate surface area is 183 Å². The van der Waals surface area contributed by atoms with Gasteiger partial charge in [0, 0.05) is 24.2 Å². The van der Waals surface area contributed by atoms with Crippen molar-refractivity contribution in [1.29, 1.82) is 5.26 Å². The van der Waals surface area contributed by atoms with Gasteiger partial charge in [0.15, 0.2) is 0 Å². The molecule has 0 saturated heterocycles. The Morgan fingerprint density at radius 2 is 1.81 bits per heavy atom. The zero-order valence-corrected chi connectivity index (χ0v) is 17.8. The molecule has 0 fully saturated rings. The summed E-state index contributed by atoms with van der Waals surface area (Å²) < 4.78 is 0. The molecule has 1 atom stereocenters. The number of anilines is 3. The molecule has 0 amide bonds. The minimum atomic E-state index is -0.653. The number of aromatic nitrogens is 1. The molecule has 1 aliphatic heterocycles. The highest BCUT2D eigenvalue weighted by Gasteiger charge is 2.34. The van der Waals surface area contributed by atoms with E-state index in [0.29, 0.717) is 6.54 Å². The van der Waals surface area contributed by atoms with E-state index in [0.717, 1.165) is 41.2 Å². The van der Waals surface area contributed by atoms with Gasteiger partial charge in [0.05, 0.1) is 22.9 Å². The maximum Gasteiger partial charge on any atom is 0.135 e. The van der Waals surface area contributed by atoms with Crippen LogP contribution in [0.3, 0.4) is 0 Å². The molecule has 5 heteroatoms. The van der Waals surface area contributed by atoms with E-state index in [2.05, 4.69) is 45.5 Å². The monoisotopic (exact) mass is 410 g/mol. The van der Waals surface area contributed by atoms with Crippen molar-refractivity contribution in [1.82, 2.24) is 4.98 Å². The molecule has 2 heterocycles. The van der Waals surface area contributed by atoms with Crippen molar-refractivity contribution in [2.45, 2.75) is 44.9 Å². The largest absolute Gasteiger partial charge is 0.373 e. The first-order valence-corrected chi connectivity index (χ1v) is 10.7. The molecule has 0 radical (unpaired) electrons. The van der Waals surface area contributed by atoms with Gasteiger partial charge >= 0.3 is 0 Å².